The molecule has 0 aliphatic carbocycles. The van der Waals surface area contributed by atoms with Crippen LogP contribution in [-0.4, -0.2) is 36.6 Å². The quantitative estimate of drug-likeness (QED) is 0.705. The lowest BCUT2D eigenvalue weighted by atomic mass is 10.4. The Hall–Kier alpha value is -1.16. The van der Waals surface area contributed by atoms with Gasteiger partial charge in [-0.2, -0.15) is 0 Å². The van der Waals surface area contributed by atoms with Crippen molar-refractivity contribution in [3.05, 3.63) is 18.1 Å². The number of rotatable bonds is 5. The minimum atomic E-state index is 0.963. The van der Waals surface area contributed by atoms with E-state index < -0.39 is 0 Å². The average Bonchev–Trinajstić information content (AvgIpc) is 2.18. The smallest absolute Gasteiger partial charge is 0.131 e. The average molecular weight is 194 g/mol. The van der Waals surface area contributed by atoms with Gasteiger partial charge in [-0.05, 0) is 13.5 Å². The Kier molecular flexibility index (Phi) is 4.32. The van der Waals surface area contributed by atoms with E-state index in [9.17, 15) is 0 Å². The van der Waals surface area contributed by atoms with Gasteiger partial charge in [-0.1, -0.05) is 6.92 Å². The molecule has 0 saturated heterocycles. The summed E-state index contributed by atoms with van der Waals surface area (Å²) in [4.78, 5) is 10.4. The highest BCUT2D eigenvalue weighted by Gasteiger charge is 2.01. The molecule has 0 aliphatic heterocycles. The largest absolute Gasteiger partial charge is 0.358 e. The SMILES string of the molecule is CCNCCN(C)c1cc(C)ncn1. The number of aryl methyl sites for hydroxylation is 1. The van der Waals surface area contributed by atoms with Crippen molar-refractivity contribution in [2.45, 2.75) is 13.8 Å². The Morgan fingerprint density at radius 2 is 2.21 bits per heavy atom. The summed E-state index contributed by atoms with van der Waals surface area (Å²) in [6.07, 6.45) is 1.61. The van der Waals surface area contributed by atoms with Crippen LogP contribution in [0.1, 0.15) is 12.6 Å². The van der Waals surface area contributed by atoms with Gasteiger partial charge in [-0.3, -0.25) is 0 Å². The zero-order chi connectivity index (χ0) is 10.4. The van der Waals surface area contributed by atoms with E-state index in [4.69, 9.17) is 0 Å². The minimum Gasteiger partial charge on any atom is -0.358 e. The van der Waals surface area contributed by atoms with Crippen LogP contribution in [0.2, 0.25) is 0 Å². The highest BCUT2D eigenvalue weighted by Crippen LogP contribution is 2.06. The van der Waals surface area contributed by atoms with Crippen LogP contribution < -0.4 is 10.2 Å². The maximum atomic E-state index is 4.21. The summed E-state index contributed by atoms with van der Waals surface area (Å²) in [5, 5.41) is 3.28. The first-order valence-electron chi connectivity index (χ1n) is 4.94. The molecule has 0 aliphatic rings. The van der Waals surface area contributed by atoms with Crippen LogP contribution in [0, 0.1) is 6.92 Å². The molecule has 0 radical (unpaired) electrons. The van der Waals surface area contributed by atoms with E-state index in [0.29, 0.717) is 0 Å². The zero-order valence-electron chi connectivity index (χ0n) is 9.12. The van der Waals surface area contributed by atoms with Crippen molar-refractivity contribution in [2.24, 2.45) is 0 Å². The topological polar surface area (TPSA) is 41.0 Å². The van der Waals surface area contributed by atoms with Gasteiger partial charge in [0.1, 0.15) is 12.1 Å². The highest BCUT2D eigenvalue weighted by atomic mass is 15.2. The van der Waals surface area contributed by atoms with Gasteiger partial charge in [0.2, 0.25) is 0 Å². The van der Waals surface area contributed by atoms with E-state index in [2.05, 4.69) is 27.1 Å². The lowest BCUT2D eigenvalue weighted by Gasteiger charge is -2.17. The van der Waals surface area contributed by atoms with E-state index in [-0.39, 0.29) is 0 Å². The molecule has 0 spiro atoms. The Morgan fingerprint density at radius 3 is 2.86 bits per heavy atom. The molecule has 4 nitrogen and oxygen atoms in total. The van der Waals surface area contributed by atoms with Crippen LogP contribution in [0.15, 0.2) is 12.4 Å². The zero-order valence-corrected chi connectivity index (χ0v) is 9.12. The monoisotopic (exact) mass is 194 g/mol. The van der Waals surface area contributed by atoms with Gasteiger partial charge >= 0.3 is 0 Å². The number of likely N-dealkylation sites (N-methyl/N-ethyl adjacent to an activating group) is 2. The second-order valence-electron chi connectivity index (χ2n) is 3.29. The van der Waals surface area contributed by atoms with Crippen molar-refractivity contribution in [3.8, 4) is 0 Å². The van der Waals surface area contributed by atoms with E-state index >= 15 is 0 Å². The summed E-state index contributed by atoms with van der Waals surface area (Å²) in [6, 6.07) is 1.99. The molecule has 0 aromatic carbocycles. The third-order valence-electron chi connectivity index (χ3n) is 2.05. The predicted molar refractivity (Wildman–Crippen MR) is 58.6 cm³/mol. The maximum Gasteiger partial charge on any atom is 0.131 e. The molecule has 1 heterocycles. The Morgan fingerprint density at radius 1 is 1.43 bits per heavy atom. The third-order valence-corrected chi connectivity index (χ3v) is 2.05. The second kappa shape index (κ2) is 5.54. The fourth-order valence-electron chi connectivity index (χ4n) is 1.19. The molecule has 1 aromatic heterocycles. The van der Waals surface area contributed by atoms with E-state index in [1.54, 1.807) is 6.33 Å². The van der Waals surface area contributed by atoms with Crippen LogP contribution in [0.5, 0.6) is 0 Å². The molecule has 4 heteroatoms. The first-order chi connectivity index (χ1) is 6.74. The molecule has 78 valence electrons. The molecule has 14 heavy (non-hydrogen) atoms. The van der Waals surface area contributed by atoms with Crippen LogP contribution in [0.4, 0.5) is 5.82 Å². The lowest BCUT2D eigenvalue weighted by molar-refractivity contribution is 0.702. The minimum absolute atomic E-state index is 0.963. The molecule has 0 amide bonds. The van der Waals surface area contributed by atoms with Crippen molar-refractivity contribution < 1.29 is 0 Å². The summed E-state index contributed by atoms with van der Waals surface area (Å²) in [5.74, 6) is 0.982. The summed E-state index contributed by atoms with van der Waals surface area (Å²) in [7, 11) is 2.04. The number of nitrogens with zero attached hydrogens (tertiary/aromatic N) is 3. The first-order valence-corrected chi connectivity index (χ1v) is 4.94. The molecular formula is C10H18N4. The molecule has 0 unspecified atom stereocenters. The van der Waals surface area contributed by atoms with E-state index in [1.807, 2.05) is 20.0 Å². The highest BCUT2D eigenvalue weighted by molar-refractivity contribution is 5.37. The third kappa shape index (κ3) is 3.30. The molecule has 1 rings (SSSR count). The standard InChI is InChI=1S/C10H18N4/c1-4-11-5-6-14(3)10-7-9(2)12-8-13-10/h7-8,11H,4-6H2,1-3H3. The van der Waals surface area contributed by atoms with E-state index in [1.165, 1.54) is 0 Å². The molecule has 0 fully saturated rings. The second-order valence-corrected chi connectivity index (χ2v) is 3.29. The van der Waals surface area contributed by atoms with Crippen LogP contribution >= 0.6 is 0 Å². The molecule has 0 saturated carbocycles. The number of aromatic nitrogens is 2. The summed E-state index contributed by atoms with van der Waals surface area (Å²) in [6.45, 7) is 7.04. The number of anilines is 1. The van der Waals surface area contributed by atoms with Crippen molar-refractivity contribution in [3.63, 3.8) is 0 Å². The first kappa shape index (κ1) is 10.9. The summed E-state index contributed by atoms with van der Waals surface area (Å²) in [5.41, 5.74) is 1.00. The van der Waals surface area contributed by atoms with Crippen LogP contribution in [-0.2, 0) is 0 Å². The van der Waals surface area contributed by atoms with Crippen molar-refractivity contribution >= 4 is 5.82 Å². The lowest BCUT2D eigenvalue weighted by Crippen LogP contribution is -2.29. The van der Waals surface area contributed by atoms with Crippen molar-refractivity contribution in [1.82, 2.24) is 15.3 Å². The van der Waals surface area contributed by atoms with Gasteiger partial charge in [0.05, 0.1) is 0 Å². The Labute approximate surface area is 85.4 Å². The fourth-order valence-corrected chi connectivity index (χ4v) is 1.19. The van der Waals surface area contributed by atoms with Crippen molar-refractivity contribution in [2.75, 3.05) is 31.6 Å². The maximum absolute atomic E-state index is 4.21. The molecular weight excluding hydrogens is 176 g/mol. The molecule has 1 aromatic rings. The van der Waals surface area contributed by atoms with Gasteiger partial charge in [0.25, 0.3) is 0 Å². The molecule has 1 N–H and O–H groups in total. The van der Waals surface area contributed by atoms with Gasteiger partial charge in [-0.15, -0.1) is 0 Å². The number of hydrogen-bond acceptors (Lipinski definition) is 4. The summed E-state index contributed by atoms with van der Waals surface area (Å²) < 4.78 is 0. The Bertz CT molecular complexity index is 275. The van der Waals surface area contributed by atoms with Gasteiger partial charge in [0.15, 0.2) is 0 Å². The molecule has 0 atom stereocenters. The van der Waals surface area contributed by atoms with E-state index in [0.717, 1.165) is 31.1 Å². The normalized spacial score (nSPS) is 10.2. The number of hydrogen-bond donors (Lipinski definition) is 1. The Balaban J connectivity index is 2.47. The summed E-state index contributed by atoms with van der Waals surface area (Å²) >= 11 is 0. The van der Waals surface area contributed by atoms with Crippen LogP contribution in [0.25, 0.3) is 0 Å². The predicted octanol–water partition coefficient (Wildman–Crippen LogP) is 0.831. The van der Waals surface area contributed by atoms with Crippen LogP contribution in [0.3, 0.4) is 0 Å². The van der Waals surface area contributed by atoms with Gasteiger partial charge < -0.3 is 10.2 Å². The fraction of sp³-hybridized carbons (Fsp3) is 0.600. The molecule has 0 bridgehead atoms. The van der Waals surface area contributed by atoms with Gasteiger partial charge in [-0.25, -0.2) is 9.97 Å². The van der Waals surface area contributed by atoms with Gasteiger partial charge in [0, 0.05) is 31.9 Å². The number of nitrogens with one attached hydrogen (secondary N) is 1. The van der Waals surface area contributed by atoms with Crippen molar-refractivity contribution in [1.29, 1.82) is 0 Å².